The van der Waals surface area contributed by atoms with Crippen molar-refractivity contribution in [2.24, 2.45) is 16.5 Å². The number of amides is 3. The molecular formula is C29H38N6O7. The van der Waals surface area contributed by atoms with E-state index in [1.54, 1.807) is 24.3 Å². The molecule has 3 rings (SSSR count). The number of aliphatic hydroxyl groups excluding tert-OH is 1. The molecule has 2 unspecified atom stereocenters. The number of aldehydes is 1. The van der Waals surface area contributed by atoms with Crippen LogP contribution in [0.5, 0.6) is 11.5 Å². The van der Waals surface area contributed by atoms with Crippen LogP contribution in [0.25, 0.3) is 0 Å². The molecule has 1 saturated heterocycles. The van der Waals surface area contributed by atoms with Gasteiger partial charge >= 0.3 is 0 Å². The predicted molar refractivity (Wildman–Crippen MR) is 154 cm³/mol. The van der Waals surface area contributed by atoms with Gasteiger partial charge in [0.15, 0.2) is 5.96 Å². The Morgan fingerprint density at radius 1 is 0.976 bits per heavy atom. The number of nitrogens with one attached hydrogen (secondary N) is 2. The van der Waals surface area contributed by atoms with Crippen molar-refractivity contribution in [3.63, 3.8) is 0 Å². The monoisotopic (exact) mass is 582 g/mol. The summed E-state index contributed by atoms with van der Waals surface area (Å²) in [5, 5.41) is 35.0. The van der Waals surface area contributed by atoms with E-state index >= 15 is 0 Å². The van der Waals surface area contributed by atoms with E-state index in [2.05, 4.69) is 15.6 Å². The normalized spacial score (nSPS) is 16.6. The van der Waals surface area contributed by atoms with Gasteiger partial charge in [0.1, 0.15) is 36.0 Å². The highest BCUT2D eigenvalue weighted by Gasteiger charge is 2.38. The zero-order valence-electron chi connectivity index (χ0n) is 23.2. The summed E-state index contributed by atoms with van der Waals surface area (Å²) in [7, 11) is 0. The highest BCUT2D eigenvalue weighted by molar-refractivity contribution is 5.94. The van der Waals surface area contributed by atoms with Crippen molar-refractivity contribution < 1.29 is 34.5 Å². The number of phenols is 2. The second-order valence-electron chi connectivity index (χ2n) is 10.2. The van der Waals surface area contributed by atoms with Crippen LogP contribution in [0, 0.1) is 0 Å². The van der Waals surface area contributed by atoms with Crippen LogP contribution in [0.4, 0.5) is 0 Å². The number of carbonyl (C=O) groups excluding carboxylic acids is 4. The van der Waals surface area contributed by atoms with Gasteiger partial charge in [0, 0.05) is 25.9 Å². The third kappa shape index (κ3) is 9.47. The number of hydrogen-bond acceptors (Lipinski definition) is 8. The van der Waals surface area contributed by atoms with E-state index < -0.39 is 42.0 Å². The number of nitrogens with two attached hydrogens (primary N) is 2. The fourth-order valence-corrected chi connectivity index (χ4v) is 4.76. The molecular weight excluding hydrogens is 544 g/mol. The molecule has 0 saturated carbocycles. The molecule has 1 fully saturated rings. The third-order valence-corrected chi connectivity index (χ3v) is 6.96. The van der Waals surface area contributed by atoms with Crippen molar-refractivity contribution in [2.75, 3.05) is 13.1 Å². The Labute approximate surface area is 243 Å². The minimum atomic E-state index is -1.48. The molecule has 0 spiro atoms. The summed E-state index contributed by atoms with van der Waals surface area (Å²) in [5.74, 6) is -1.75. The SMILES string of the molecule is NC(N)=NCCCC(C=O)NC(=O)C1CCCN1C(=O)[C@H](Cc1ccc(O)cc1)NC(=O)[C@H](O)Cc1ccc(O)cc1. The Kier molecular flexibility index (Phi) is 11.7. The van der Waals surface area contributed by atoms with Crippen molar-refractivity contribution in [1.29, 1.82) is 0 Å². The van der Waals surface area contributed by atoms with Crippen LogP contribution in [-0.2, 0) is 32.0 Å². The number of aromatic hydroxyl groups is 2. The summed E-state index contributed by atoms with van der Waals surface area (Å²) in [6.45, 7) is 0.568. The zero-order valence-corrected chi connectivity index (χ0v) is 23.2. The van der Waals surface area contributed by atoms with Crippen molar-refractivity contribution >= 4 is 30.0 Å². The average Bonchev–Trinajstić information content (AvgIpc) is 3.46. The number of benzene rings is 2. The molecule has 9 N–H and O–H groups in total. The van der Waals surface area contributed by atoms with E-state index in [0.717, 1.165) is 0 Å². The maximum atomic E-state index is 13.8. The molecule has 0 bridgehead atoms. The second-order valence-corrected chi connectivity index (χ2v) is 10.2. The number of carbonyl (C=O) groups is 4. The van der Waals surface area contributed by atoms with Crippen LogP contribution in [0.15, 0.2) is 53.5 Å². The zero-order chi connectivity index (χ0) is 30.6. The number of nitrogens with zero attached hydrogens (tertiary/aromatic N) is 2. The van der Waals surface area contributed by atoms with Gasteiger partial charge in [-0.2, -0.15) is 0 Å². The van der Waals surface area contributed by atoms with Gasteiger partial charge in [0.25, 0.3) is 0 Å². The first kappa shape index (κ1) is 31.9. The summed E-state index contributed by atoms with van der Waals surface area (Å²) in [5.41, 5.74) is 11.9. The lowest BCUT2D eigenvalue weighted by atomic mass is 10.0. The van der Waals surface area contributed by atoms with Gasteiger partial charge in [-0.25, -0.2) is 0 Å². The topological polar surface area (TPSA) is 221 Å². The number of phenolic OH excluding ortho intramolecular Hbond substituents is 2. The molecule has 13 heteroatoms. The molecule has 13 nitrogen and oxygen atoms in total. The summed E-state index contributed by atoms with van der Waals surface area (Å²) in [4.78, 5) is 56.7. The van der Waals surface area contributed by atoms with Crippen molar-refractivity contribution in [3.05, 3.63) is 59.7 Å². The molecule has 4 atom stereocenters. The summed E-state index contributed by atoms with van der Waals surface area (Å²) in [6, 6.07) is 9.41. The fourth-order valence-electron chi connectivity index (χ4n) is 4.76. The molecule has 1 heterocycles. The van der Waals surface area contributed by atoms with Gasteiger partial charge in [0.2, 0.25) is 17.7 Å². The molecule has 1 aliphatic heterocycles. The number of likely N-dealkylation sites (tertiary alicyclic amines) is 1. The fraction of sp³-hybridized carbons (Fsp3) is 0.414. The van der Waals surface area contributed by atoms with Gasteiger partial charge in [-0.15, -0.1) is 0 Å². The molecule has 0 aromatic heterocycles. The quantitative estimate of drug-likeness (QED) is 0.0657. The van der Waals surface area contributed by atoms with Crippen LogP contribution in [0.2, 0.25) is 0 Å². The van der Waals surface area contributed by atoms with Crippen LogP contribution in [0.3, 0.4) is 0 Å². The Balaban J connectivity index is 1.71. The van der Waals surface area contributed by atoms with E-state index in [0.29, 0.717) is 49.6 Å². The van der Waals surface area contributed by atoms with Gasteiger partial charge in [-0.05, 0) is 61.1 Å². The van der Waals surface area contributed by atoms with Crippen LogP contribution in [-0.4, -0.2) is 87.5 Å². The van der Waals surface area contributed by atoms with Gasteiger partial charge in [0.05, 0.1) is 6.04 Å². The largest absolute Gasteiger partial charge is 0.508 e. The maximum Gasteiger partial charge on any atom is 0.249 e. The first-order valence-corrected chi connectivity index (χ1v) is 13.7. The Morgan fingerprint density at radius 3 is 2.14 bits per heavy atom. The molecule has 2 aromatic rings. The Hall–Kier alpha value is -4.65. The highest BCUT2D eigenvalue weighted by Crippen LogP contribution is 2.21. The Morgan fingerprint density at radius 2 is 1.57 bits per heavy atom. The van der Waals surface area contributed by atoms with Crippen molar-refractivity contribution in [2.45, 2.75) is 62.8 Å². The smallest absolute Gasteiger partial charge is 0.249 e. The maximum absolute atomic E-state index is 13.8. The van der Waals surface area contributed by atoms with Gasteiger partial charge in [-0.1, -0.05) is 24.3 Å². The van der Waals surface area contributed by atoms with E-state index in [1.807, 2.05) is 0 Å². The number of guanidine groups is 1. The number of hydrogen-bond donors (Lipinski definition) is 7. The molecule has 3 amide bonds. The molecule has 0 radical (unpaired) electrons. The summed E-state index contributed by atoms with van der Waals surface area (Å²) >= 11 is 0. The Bertz CT molecular complexity index is 1250. The van der Waals surface area contributed by atoms with Gasteiger partial charge < -0.3 is 47.1 Å². The lowest BCUT2D eigenvalue weighted by molar-refractivity contribution is -0.142. The summed E-state index contributed by atoms with van der Waals surface area (Å²) < 4.78 is 0. The number of aliphatic hydroxyl groups is 1. The van der Waals surface area contributed by atoms with Crippen molar-refractivity contribution in [3.8, 4) is 11.5 Å². The first-order valence-electron chi connectivity index (χ1n) is 13.7. The molecule has 0 aliphatic carbocycles. The van der Waals surface area contributed by atoms with E-state index in [9.17, 15) is 34.5 Å². The molecule has 226 valence electrons. The van der Waals surface area contributed by atoms with Crippen LogP contribution in [0.1, 0.15) is 36.8 Å². The first-order chi connectivity index (χ1) is 20.1. The third-order valence-electron chi connectivity index (χ3n) is 6.96. The number of aliphatic imine (C=N–C) groups is 1. The van der Waals surface area contributed by atoms with Gasteiger partial charge in [-0.3, -0.25) is 19.4 Å². The predicted octanol–water partition coefficient (Wildman–Crippen LogP) is -0.543. The highest BCUT2D eigenvalue weighted by atomic mass is 16.3. The van der Waals surface area contributed by atoms with Crippen molar-refractivity contribution in [1.82, 2.24) is 15.5 Å². The lowest BCUT2D eigenvalue weighted by Crippen LogP contribution is -2.56. The van der Waals surface area contributed by atoms with E-state index in [4.69, 9.17) is 11.5 Å². The standard InChI is InChI=1S/C29H38N6O7/c30-29(31)32-13-1-3-20(17-36)33-26(40)24-4-2-14-35(24)28(42)23(15-18-5-9-21(37)10-6-18)34-27(41)25(39)16-19-7-11-22(38)12-8-19/h5-12,17,20,23-25,37-39H,1-4,13-16H2,(H,33,40)(H,34,41)(H4,30,31,32)/t20?,23-,24?,25+/m0/s1. The minimum absolute atomic E-state index is 0.0364. The van der Waals surface area contributed by atoms with E-state index in [1.165, 1.54) is 29.2 Å². The molecule has 2 aromatic carbocycles. The molecule has 42 heavy (non-hydrogen) atoms. The molecule has 1 aliphatic rings. The summed E-state index contributed by atoms with van der Waals surface area (Å²) in [6.07, 6.45) is 0.838. The average molecular weight is 583 g/mol. The lowest BCUT2D eigenvalue weighted by Gasteiger charge is -2.30. The second kappa shape index (κ2) is 15.4. The minimum Gasteiger partial charge on any atom is -0.508 e. The van der Waals surface area contributed by atoms with Crippen LogP contribution >= 0.6 is 0 Å². The van der Waals surface area contributed by atoms with E-state index in [-0.39, 0.29) is 36.8 Å². The number of rotatable bonds is 14. The van der Waals surface area contributed by atoms with Crippen LogP contribution < -0.4 is 22.1 Å².